The summed E-state index contributed by atoms with van der Waals surface area (Å²) in [7, 11) is 0. The average molecular weight is 448 g/mol. The maximum Gasteiger partial charge on any atom is 0.239 e. The number of thiazole rings is 1. The second kappa shape index (κ2) is 12.3. The van der Waals surface area contributed by atoms with E-state index >= 15 is 0 Å². The Labute approximate surface area is 178 Å². The van der Waals surface area contributed by atoms with E-state index < -0.39 is 0 Å². The van der Waals surface area contributed by atoms with Crippen molar-refractivity contribution in [3.05, 3.63) is 16.1 Å². The van der Waals surface area contributed by atoms with E-state index in [0.29, 0.717) is 0 Å². The van der Waals surface area contributed by atoms with Gasteiger partial charge < -0.3 is 15.4 Å². The molecule has 2 aliphatic rings. The van der Waals surface area contributed by atoms with Crippen molar-refractivity contribution >= 4 is 54.5 Å². The van der Waals surface area contributed by atoms with Gasteiger partial charge in [-0.1, -0.05) is 0 Å². The molecule has 3 heterocycles. The van der Waals surface area contributed by atoms with Crippen molar-refractivity contribution in [2.75, 3.05) is 39.4 Å². The zero-order chi connectivity index (χ0) is 16.2. The maximum atomic E-state index is 12.6. The van der Waals surface area contributed by atoms with Gasteiger partial charge in [-0.3, -0.25) is 9.69 Å². The molecule has 26 heavy (non-hydrogen) atoms. The fourth-order valence-electron chi connectivity index (χ4n) is 3.32. The van der Waals surface area contributed by atoms with Gasteiger partial charge in [-0.25, -0.2) is 4.98 Å². The second-order valence-electron chi connectivity index (χ2n) is 6.43. The molecule has 152 valence electrons. The number of aryl methyl sites for hydroxylation is 1. The van der Waals surface area contributed by atoms with Crippen LogP contribution in [0.5, 0.6) is 0 Å². The zero-order valence-electron chi connectivity index (χ0n) is 15.0. The normalized spacial score (nSPS) is 19.7. The molecular formula is C16H29Cl3N4O2S. The predicted octanol–water partition coefficient (Wildman–Crippen LogP) is 2.12. The molecule has 1 aromatic rings. The molecular weight excluding hydrogens is 419 g/mol. The summed E-state index contributed by atoms with van der Waals surface area (Å²) in [6.45, 7) is 7.67. The molecule has 0 saturated carbocycles. The Bertz CT molecular complexity index is 535. The van der Waals surface area contributed by atoms with Gasteiger partial charge in [0.05, 0.1) is 16.7 Å². The Morgan fingerprint density at radius 3 is 2.42 bits per heavy atom. The van der Waals surface area contributed by atoms with E-state index in [1.807, 2.05) is 11.8 Å². The molecule has 0 spiro atoms. The molecule has 2 fully saturated rings. The molecule has 0 aliphatic carbocycles. The van der Waals surface area contributed by atoms with Crippen LogP contribution in [0.3, 0.4) is 0 Å². The minimum absolute atomic E-state index is 0. The summed E-state index contributed by atoms with van der Waals surface area (Å²) in [5, 5.41) is 3.23. The molecule has 2 saturated heterocycles. The lowest BCUT2D eigenvalue weighted by Gasteiger charge is -2.37. The molecule has 1 atom stereocenters. The van der Waals surface area contributed by atoms with Crippen LogP contribution in [-0.2, 0) is 16.1 Å². The van der Waals surface area contributed by atoms with Gasteiger partial charge in [-0.05, 0) is 25.7 Å². The molecule has 3 rings (SSSR count). The Kier molecular flexibility index (Phi) is 12.3. The highest BCUT2D eigenvalue weighted by Crippen LogP contribution is 2.20. The summed E-state index contributed by atoms with van der Waals surface area (Å²) in [5.41, 5.74) is 7.35. The quantitative estimate of drug-likeness (QED) is 0.765. The molecule has 0 bridgehead atoms. The monoisotopic (exact) mass is 446 g/mol. The first-order valence-corrected chi connectivity index (χ1v) is 9.27. The number of halogens is 3. The van der Waals surface area contributed by atoms with Crippen molar-refractivity contribution in [1.82, 2.24) is 14.8 Å². The minimum Gasteiger partial charge on any atom is -0.381 e. The van der Waals surface area contributed by atoms with Crippen molar-refractivity contribution in [2.24, 2.45) is 11.7 Å². The average Bonchev–Trinajstić information content (AvgIpc) is 3.00. The van der Waals surface area contributed by atoms with E-state index in [0.717, 1.165) is 69.5 Å². The highest BCUT2D eigenvalue weighted by Gasteiger charge is 2.31. The number of hydrogen-bond donors (Lipinski definition) is 1. The van der Waals surface area contributed by atoms with Gasteiger partial charge in [-0.2, -0.15) is 0 Å². The summed E-state index contributed by atoms with van der Waals surface area (Å²) in [6, 6.07) is -0.369. The minimum atomic E-state index is -0.369. The molecule has 1 amide bonds. The first-order chi connectivity index (χ1) is 11.1. The molecule has 1 unspecified atom stereocenters. The number of amides is 1. The number of aromatic nitrogens is 1. The third kappa shape index (κ3) is 6.78. The van der Waals surface area contributed by atoms with Gasteiger partial charge >= 0.3 is 0 Å². The number of nitrogens with two attached hydrogens (primary N) is 1. The van der Waals surface area contributed by atoms with Crippen LogP contribution in [0.2, 0.25) is 0 Å². The van der Waals surface area contributed by atoms with E-state index in [-0.39, 0.29) is 55.1 Å². The first kappa shape index (κ1) is 25.9. The Hall–Kier alpha value is -0.150. The van der Waals surface area contributed by atoms with Crippen molar-refractivity contribution in [1.29, 1.82) is 0 Å². The van der Waals surface area contributed by atoms with E-state index in [1.165, 1.54) is 0 Å². The largest absolute Gasteiger partial charge is 0.381 e. The van der Waals surface area contributed by atoms with Crippen molar-refractivity contribution in [3.63, 3.8) is 0 Å². The molecule has 2 aliphatic heterocycles. The Balaban J connectivity index is 0.00000208. The summed E-state index contributed by atoms with van der Waals surface area (Å²) < 4.78 is 5.36. The van der Waals surface area contributed by atoms with Gasteiger partial charge in [-0.15, -0.1) is 48.6 Å². The molecule has 10 heteroatoms. The number of ether oxygens (including phenoxy) is 1. The summed E-state index contributed by atoms with van der Waals surface area (Å²) in [4.78, 5) is 21.4. The lowest BCUT2D eigenvalue weighted by molar-refractivity contribution is -0.136. The van der Waals surface area contributed by atoms with E-state index in [1.54, 1.807) is 11.3 Å². The standard InChI is InChI=1S/C16H26N4O2S.3ClH/c1-12-18-14(11-23-12)10-19-4-6-20(7-5-19)16(21)15(17)13-2-8-22-9-3-13;;;/h11,13,15H,2-10,17H2,1H3;3*1H. The Morgan fingerprint density at radius 1 is 1.27 bits per heavy atom. The van der Waals surface area contributed by atoms with Crippen LogP contribution in [0, 0.1) is 12.8 Å². The number of rotatable bonds is 4. The number of carbonyl (C=O) groups excluding carboxylic acids is 1. The van der Waals surface area contributed by atoms with Gasteiger partial charge in [0.15, 0.2) is 0 Å². The van der Waals surface area contributed by atoms with Crippen molar-refractivity contribution < 1.29 is 9.53 Å². The van der Waals surface area contributed by atoms with E-state index in [4.69, 9.17) is 10.5 Å². The summed E-state index contributed by atoms with van der Waals surface area (Å²) in [5.74, 6) is 0.383. The number of nitrogens with zero attached hydrogens (tertiary/aromatic N) is 3. The predicted molar refractivity (Wildman–Crippen MR) is 112 cm³/mol. The summed E-state index contributed by atoms with van der Waals surface area (Å²) >= 11 is 1.69. The van der Waals surface area contributed by atoms with Gasteiger partial charge in [0, 0.05) is 51.3 Å². The van der Waals surface area contributed by atoms with Crippen LogP contribution in [-0.4, -0.2) is 66.1 Å². The van der Waals surface area contributed by atoms with Crippen LogP contribution in [0.4, 0.5) is 0 Å². The van der Waals surface area contributed by atoms with Crippen molar-refractivity contribution in [3.8, 4) is 0 Å². The lowest BCUT2D eigenvalue weighted by atomic mass is 9.91. The van der Waals surface area contributed by atoms with Crippen LogP contribution in [0.1, 0.15) is 23.5 Å². The third-order valence-corrected chi connectivity index (χ3v) is 5.62. The van der Waals surface area contributed by atoms with Crippen LogP contribution >= 0.6 is 48.6 Å². The summed E-state index contributed by atoms with van der Waals surface area (Å²) in [6.07, 6.45) is 1.80. The third-order valence-electron chi connectivity index (χ3n) is 4.80. The van der Waals surface area contributed by atoms with Crippen LogP contribution in [0.15, 0.2) is 5.38 Å². The maximum absolute atomic E-state index is 12.6. The van der Waals surface area contributed by atoms with Gasteiger partial charge in [0.1, 0.15) is 0 Å². The number of piperazine rings is 1. The van der Waals surface area contributed by atoms with Crippen LogP contribution < -0.4 is 5.73 Å². The lowest BCUT2D eigenvalue weighted by Crippen LogP contribution is -2.55. The molecule has 6 nitrogen and oxygen atoms in total. The molecule has 0 radical (unpaired) electrons. The molecule has 1 aromatic heterocycles. The second-order valence-corrected chi connectivity index (χ2v) is 7.50. The van der Waals surface area contributed by atoms with Crippen molar-refractivity contribution in [2.45, 2.75) is 32.4 Å². The smallest absolute Gasteiger partial charge is 0.239 e. The molecule has 2 N–H and O–H groups in total. The van der Waals surface area contributed by atoms with Gasteiger partial charge in [0.25, 0.3) is 0 Å². The fourth-order valence-corrected chi connectivity index (χ4v) is 3.93. The van der Waals surface area contributed by atoms with Crippen LogP contribution in [0.25, 0.3) is 0 Å². The first-order valence-electron chi connectivity index (χ1n) is 8.39. The number of carbonyl (C=O) groups is 1. The highest BCUT2D eigenvalue weighted by molar-refractivity contribution is 7.09. The zero-order valence-corrected chi connectivity index (χ0v) is 18.2. The highest BCUT2D eigenvalue weighted by atomic mass is 35.5. The fraction of sp³-hybridized carbons (Fsp3) is 0.750. The van der Waals surface area contributed by atoms with E-state index in [2.05, 4.69) is 15.3 Å². The van der Waals surface area contributed by atoms with E-state index in [9.17, 15) is 4.79 Å². The number of hydrogen-bond acceptors (Lipinski definition) is 6. The Morgan fingerprint density at radius 2 is 1.88 bits per heavy atom. The molecule has 0 aromatic carbocycles. The van der Waals surface area contributed by atoms with Gasteiger partial charge in [0.2, 0.25) is 5.91 Å². The SMILES string of the molecule is Cc1nc(CN2CCN(C(=O)C(N)C3CCOCC3)CC2)cs1.Cl.Cl.Cl. The topological polar surface area (TPSA) is 71.7 Å².